The largest absolute Gasteiger partial charge is 0.495 e. The number of hydrogen-bond donors (Lipinski definition) is 3. The van der Waals surface area contributed by atoms with Gasteiger partial charge in [0.1, 0.15) is 5.75 Å². The van der Waals surface area contributed by atoms with Crippen LogP contribution in [0.25, 0.3) is 10.4 Å². The van der Waals surface area contributed by atoms with Crippen molar-refractivity contribution in [1.29, 1.82) is 0 Å². The summed E-state index contributed by atoms with van der Waals surface area (Å²) in [7, 11) is 1.58. The maximum Gasteiger partial charge on any atom is 0.321 e. The third kappa shape index (κ3) is 4.15. The van der Waals surface area contributed by atoms with Gasteiger partial charge in [-0.1, -0.05) is 11.3 Å². The maximum absolute atomic E-state index is 11.7. The number of aliphatic hydroxyl groups excluding tert-OH is 1. The molecule has 0 spiro atoms. The van der Waals surface area contributed by atoms with Crippen molar-refractivity contribution in [3.05, 3.63) is 24.2 Å². The number of ether oxygens (including phenoxy) is 1. The van der Waals surface area contributed by atoms with Gasteiger partial charge in [0.2, 0.25) is 0 Å². The number of nitrogens with zero attached hydrogens (tertiary/aromatic N) is 2. The highest BCUT2D eigenvalue weighted by Gasteiger charge is 2.13. The molecule has 2 aromatic rings. The zero-order valence-electron chi connectivity index (χ0n) is 12.6. The molecule has 2 rings (SSSR count). The fraction of sp³-hybridized carbons (Fsp3) is 0.357. The molecule has 0 radical (unpaired) electrons. The number of amides is 2. The van der Waals surface area contributed by atoms with E-state index in [0.717, 1.165) is 16.1 Å². The first kappa shape index (κ1) is 16.2. The SMILES string of the molecule is COc1cncc(-c2sc(NC(=O)NC[C@H](C)O)nc2C)c1. The molecule has 3 N–H and O–H groups in total. The Balaban J connectivity index is 2.12. The van der Waals surface area contributed by atoms with Crippen LogP contribution in [0, 0.1) is 6.92 Å². The molecule has 0 fully saturated rings. The average molecular weight is 322 g/mol. The van der Waals surface area contributed by atoms with E-state index in [9.17, 15) is 4.79 Å². The summed E-state index contributed by atoms with van der Waals surface area (Å²) in [5.74, 6) is 0.662. The first-order valence-electron chi connectivity index (χ1n) is 6.69. The lowest BCUT2D eigenvalue weighted by atomic mass is 10.2. The highest BCUT2D eigenvalue weighted by atomic mass is 32.1. The number of thiazole rings is 1. The van der Waals surface area contributed by atoms with Gasteiger partial charge in [0, 0.05) is 18.3 Å². The van der Waals surface area contributed by atoms with Gasteiger partial charge in [0.15, 0.2) is 5.13 Å². The molecule has 0 saturated heterocycles. The number of aliphatic hydroxyl groups is 1. The van der Waals surface area contributed by atoms with Gasteiger partial charge >= 0.3 is 6.03 Å². The van der Waals surface area contributed by atoms with Crippen molar-refractivity contribution in [2.75, 3.05) is 19.0 Å². The molecule has 22 heavy (non-hydrogen) atoms. The minimum atomic E-state index is -0.595. The molecule has 0 unspecified atom stereocenters. The van der Waals surface area contributed by atoms with Gasteiger partial charge in [-0.25, -0.2) is 9.78 Å². The second-order valence-electron chi connectivity index (χ2n) is 4.73. The lowest BCUT2D eigenvalue weighted by Gasteiger charge is -2.06. The summed E-state index contributed by atoms with van der Waals surface area (Å²) in [4.78, 5) is 21.0. The van der Waals surface area contributed by atoms with Crippen molar-refractivity contribution in [2.45, 2.75) is 20.0 Å². The van der Waals surface area contributed by atoms with Crippen LogP contribution in [0.5, 0.6) is 5.75 Å². The molecule has 0 aromatic carbocycles. The Morgan fingerprint density at radius 3 is 2.95 bits per heavy atom. The van der Waals surface area contributed by atoms with Gasteiger partial charge in [0.05, 0.1) is 30.0 Å². The Hall–Kier alpha value is -2.19. The molecule has 0 aliphatic heterocycles. The van der Waals surface area contributed by atoms with E-state index in [1.807, 2.05) is 13.0 Å². The van der Waals surface area contributed by atoms with Gasteiger partial charge < -0.3 is 15.2 Å². The van der Waals surface area contributed by atoms with Crippen LogP contribution < -0.4 is 15.4 Å². The van der Waals surface area contributed by atoms with Crippen LogP contribution in [0.15, 0.2) is 18.5 Å². The lowest BCUT2D eigenvalue weighted by Crippen LogP contribution is -2.34. The number of carbonyl (C=O) groups is 1. The summed E-state index contributed by atoms with van der Waals surface area (Å²) in [6.07, 6.45) is 2.75. The van der Waals surface area contributed by atoms with Gasteiger partial charge in [-0.05, 0) is 19.9 Å². The van der Waals surface area contributed by atoms with E-state index in [2.05, 4.69) is 20.6 Å². The quantitative estimate of drug-likeness (QED) is 0.782. The summed E-state index contributed by atoms with van der Waals surface area (Å²) in [5.41, 5.74) is 1.68. The number of pyridine rings is 1. The highest BCUT2D eigenvalue weighted by molar-refractivity contribution is 7.19. The minimum absolute atomic E-state index is 0.183. The molecule has 0 aliphatic carbocycles. The molecule has 118 valence electrons. The van der Waals surface area contributed by atoms with Crippen LogP contribution in [0.1, 0.15) is 12.6 Å². The van der Waals surface area contributed by atoms with Gasteiger partial charge in [-0.2, -0.15) is 0 Å². The fourth-order valence-corrected chi connectivity index (χ4v) is 2.70. The molecule has 2 aromatic heterocycles. The second kappa shape index (κ2) is 7.19. The topological polar surface area (TPSA) is 96.4 Å². The zero-order chi connectivity index (χ0) is 16.1. The molecule has 7 nitrogen and oxygen atoms in total. The molecular weight excluding hydrogens is 304 g/mol. The third-order valence-electron chi connectivity index (χ3n) is 2.79. The number of hydrogen-bond acceptors (Lipinski definition) is 6. The summed E-state index contributed by atoms with van der Waals surface area (Å²) in [5, 5.41) is 14.8. The van der Waals surface area contributed by atoms with Crippen LogP contribution >= 0.6 is 11.3 Å². The second-order valence-corrected chi connectivity index (χ2v) is 5.73. The van der Waals surface area contributed by atoms with Crippen LogP contribution in [0.3, 0.4) is 0 Å². The van der Waals surface area contributed by atoms with Crippen molar-refractivity contribution >= 4 is 22.5 Å². The Bertz CT molecular complexity index is 657. The lowest BCUT2D eigenvalue weighted by molar-refractivity contribution is 0.190. The van der Waals surface area contributed by atoms with E-state index >= 15 is 0 Å². The number of urea groups is 1. The number of anilines is 1. The molecule has 0 saturated carbocycles. The Morgan fingerprint density at radius 1 is 1.50 bits per heavy atom. The van der Waals surface area contributed by atoms with E-state index in [1.54, 1.807) is 26.4 Å². The Kier molecular flexibility index (Phi) is 5.29. The van der Waals surface area contributed by atoms with E-state index in [-0.39, 0.29) is 6.54 Å². The molecular formula is C14H18N4O3S. The Morgan fingerprint density at radius 2 is 2.27 bits per heavy atom. The highest BCUT2D eigenvalue weighted by Crippen LogP contribution is 2.33. The average Bonchev–Trinajstić information content (AvgIpc) is 2.85. The normalized spacial score (nSPS) is 11.8. The maximum atomic E-state index is 11.7. The monoisotopic (exact) mass is 322 g/mol. The summed E-state index contributed by atoms with van der Waals surface area (Å²) in [6.45, 7) is 3.65. The van der Waals surface area contributed by atoms with Crippen LogP contribution in [-0.2, 0) is 0 Å². The van der Waals surface area contributed by atoms with E-state index < -0.39 is 12.1 Å². The van der Waals surface area contributed by atoms with Crippen LogP contribution in [0.4, 0.5) is 9.93 Å². The molecule has 2 amide bonds. The van der Waals surface area contributed by atoms with Crippen LogP contribution in [-0.4, -0.2) is 40.9 Å². The predicted molar refractivity (Wildman–Crippen MR) is 85.3 cm³/mol. The number of aryl methyl sites for hydroxylation is 1. The fourth-order valence-electron chi connectivity index (χ4n) is 1.75. The third-order valence-corrected chi connectivity index (χ3v) is 3.91. The summed E-state index contributed by atoms with van der Waals surface area (Å²) in [6, 6.07) is 1.47. The molecule has 2 heterocycles. The standard InChI is InChI=1S/C14H18N4O3S/c1-8(19)5-16-13(20)18-14-17-9(2)12(22-14)10-4-11(21-3)7-15-6-10/h4,6-8,19H,5H2,1-3H3,(H2,16,17,18,20)/t8-/m0/s1. The van der Waals surface area contributed by atoms with Gasteiger partial charge in [0.25, 0.3) is 0 Å². The number of methoxy groups -OCH3 is 1. The van der Waals surface area contributed by atoms with Crippen molar-refractivity contribution in [2.24, 2.45) is 0 Å². The van der Waals surface area contributed by atoms with E-state index in [0.29, 0.717) is 10.9 Å². The molecule has 0 bridgehead atoms. The van der Waals surface area contributed by atoms with Crippen molar-refractivity contribution in [1.82, 2.24) is 15.3 Å². The number of carbonyl (C=O) groups excluding carboxylic acids is 1. The van der Waals surface area contributed by atoms with Gasteiger partial charge in [-0.3, -0.25) is 10.3 Å². The van der Waals surface area contributed by atoms with Gasteiger partial charge in [-0.15, -0.1) is 0 Å². The zero-order valence-corrected chi connectivity index (χ0v) is 13.4. The van der Waals surface area contributed by atoms with Crippen LogP contribution in [0.2, 0.25) is 0 Å². The first-order valence-corrected chi connectivity index (χ1v) is 7.51. The van der Waals surface area contributed by atoms with E-state index in [1.165, 1.54) is 11.3 Å². The smallest absolute Gasteiger partial charge is 0.321 e. The number of nitrogens with one attached hydrogen (secondary N) is 2. The Labute approximate surface area is 132 Å². The summed E-state index contributed by atoms with van der Waals surface area (Å²) >= 11 is 1.35. The number of rotatable bonds is 5. The molecule has 0 aliphatic rings. The summed E-state index contributed by atoms with van der Waals surface area (Å²) < 4.78 is 5.16. The molecule has 8 heteroatoms. The van der Waals surface area contributed by atoms with E-state index in [4.69, 9.17) is 9.84 Å². The van der Waals surface area contributed by atoms with Crippen molar-refractivity contribution in [3.63, 3.8) is 0 Å². The minimum Gasteiger partial charge on any atom is -0.495 e. The van der Waals surface area contributed by atoms with Crippen molar-refractivity contribution < 1.29 is 14.6 Å². The number of aromatic nitrogens is 2. The first-order chi connectivity index (χ1) is 10.5. The van der Waals surface area contributed by atoms with Crippen molar-refractivity contribution in [3.8, 4) is 16.2 Å². The predicted octanol–water partition coefficient (Wildman–Crippen LogP) is 2.02. The molecule has 1 atom stereocenters.